The molecule has 0 aliphatic rings. The highest BCUT2D eigenvalue weighted by atomic mass is 79.9. The predicted octanol–water partition coefficient (Wildman–Crippen LogP) is 4.46. The van der Waals surface area contributed by atoms with E-state index in [1.54, 1.807) is 12.1 Å². The molecular formula is C12H9BrClN3O2. The van der Waals surface area contributed by atoms with Crippen LogP contribution in [0.2, 0.25) is 5.02 Å². The number of hydrogen-bond acceptors (Lipinski definition) is 4. The molecule has 1 aromatic heterocycles. The van der Waals surface area contributed by atoms with E-state index in [9.17, 15) is 10.1 Å². The number of nitrogens with one attached hydrogen (secondary N) is 1. The van der Waals surface area contributed by atoms with Crippen molar-refractivity contribution in [1.82, 2.24) is 4.98 Å². The topological polar surface area (TPSA) is 68.1 Å². The third-order valence-electron chi connectivity index (χ3n) is 2.47. The van der Waals surface area contributed by atoms with E-state index in [1.165, 1.54) is 12.3 Å². The number of benzene rings is 1. The molecule has 0 unspecified atom stereocenters. The number of nitro groups is 1. The van der Waals surface area contributed by atoms with Crippen molar-refractivity contribution >= 4 is 44.7 Å². The Labute approximate surface area is 122 Å². The van der Waals surface area contributed by atoms with Crippen LogP contribution in [0.15, 0.2) is 34.9 Å². The summed E-state index contributed by atoms with van der Waals surface area (Å²) in [6.45, 7) is 1.88. The highest BCUT2D eigenvalue weighted by molar-refractivity contribution is 9.10. The standard InChI is InChI=1S/C12H9BrClN3O2/c1-7-2-3-9(5-10(7)14)16-12-11(17(18)19)4-8(13)6-15-12/h2-6H,1H3,(H,15,16). The Morgan fingerprint density at radius 3 is 2.79 bits per heavy atom. The van der Waals surface area contributed by atoms with Crippen LogP contribution in [-0.4, -0.2) is 9.91 Å². The van der Waals surface area contributed by atoms with E-state index in [4.69, 9.17) is 11.6 Å². The van der Waals surface area contributed by atoms with Gasteiger partial charge in [-0.25, -0.2) is 4.98 Å². The fourth-order valence-corrected chi connectivity index (χ4v) is 1.97. The van der Waals surface area contributed by atoms with Crippen molar-refractivity contribution in [3.8, 4) is 0 Å². The molecule has 1 heterocycles. The fourth-order valence-electron chi connectivity index (χ4n) is 1.47. The molecule has 2 rings (SSSR count). The monoisotopic (exact) mass is 341 g/mol. The van der Waals surface area contributed by atoms with Gasteiger partial charge in [0.2, 0.25) is 5.82 Å². The van der Waals surface area contributed by atoms with Gasteiger partial charge in [0.1, 0.15) is 0 Å². The molecule has 0 atom stereocenters. The van der Waals surface area contributed by atoms with Gasteiger partial charge in [-0.15, -0.1) is 0 Å². The lowest BCUT2D eigenvalue weighted by atomic mass is 10.2. The second-order valence-corrected chi connectivity index (χ2v) is 5.19. The second kappa shape index (κ2) is 5.54. The first kappa shape index (κ1) is 13.8. The maximum Gasteiger partial charge on any atom is 0.312 e. The summed E-state index contributed by atoms with van der Waals surface area (Å²) in [7, 11) is 0. The number of rotatable bonds is 3. The Balaban J connectivity index is 2.37. The van der Waals surface area contributed by atoms with Crippen LogP contribution in [0.4, 0.5) is 17.2 Å². The molecule has 0 bridgehead atoms. The minimum Gasteiger partial charge on any atom is -0.334 e. The molecule has 98 valence electrons. The highest BCUT2D eigenvalue weighted by Gasteiger charge is 2.16. The molecule has 0 saturated carbocycles. The Morgan fingerprint density at radius 1 is 1.42 bits per heavy atom. The summed E-state index contributed by atoms with van der Waals surface area (Å²) < 4.78 is 0.548. The quantitative estimate of drug-likeness (QED) is 0.660. The van der Waals surface area contributed by atoms with Crippen LogP contribution >= 0.6 is 27.5 Å². The lowest BCUT2D eigenvalue weighted by Crippen LogP contribution is -1.99. The SMILES string of the molecule is Cc1ccc(Nc2ncc(Br)cc2[N+](=O)[O-])cc1Cl. The molecule has 7 heteroatoms. The summed E-state index contributed by atoms with van der Waals surface area (Å²) in [5.74, 6) is 0.174. The van der Waals surface area contributed by atoms with Crippen molar-refractivity contribution in [2.45, 2.75) is 6.92 Å². The third kappa shape index (κ3) is 3.21. The summed E-state index contributed by atoms with van der Waals surface area (Å²) in [6, 6.07) is 6.71. The summed E-state index contributed by atoms with van der Waals surface area (Å²) in [4.78, 5) is 14.5. The van der Waals surface area contributed by atoms with Gasteiger partial charge in [0.25, 0.3) is 0 Å². The molecule has 0 spiro atoms. The molecule has 0 saturated heterocycles. The molecule has 1 aromatic carbocycles. The van der Waals surface area contributed by atoms with Crippen molar-refractivity contribution < 1.29 is 4.92 Å². The van der Waals surface area contributed by atoms with Gasteiger partial charge in [-0.2, -0.15) is 0 Å². The fraction of sp³-hybridized carbons (Fsp3) is 0.0833. The first-order valence-corrected chi connectivity index (χ1v) is 6.47. The molecule has 0 fully saturated rings. The molecule has 5 nitrogen and oxygen atoms in total. The van der Waals surface area contributed by atoms with Crippen molar-refractivity contribution in [1.29, 1.82) is 0 Å². The van der Waals surface area contributed by atoms with Gasteiger partial charge < -0.3 is 5.32 Å². The lowest BCUT2D eigenvalue weighted by molar-refractivity contribution is -0.384. The number of hydrogen-bond donors (Lipinski definition) is 1. The molecule has 0 aliphatic carbocycles. The van der Waals surface area contributed by atoms with E-state index in [0.29, 0.717) is 15.2 Å². The first-order chi connectivity index (χ1) is 8.97. The highest BCUT2D eigenvalue weighted by Crippen LogP contribution is 2.29. The van der Waals surface area contributed by atoms with Gasteiger partial charge in [0.05, 0.1) is 4.92 Å². The molecule has 0 aliphatic heterocycles. The van der Waals surface area contributed by atoms with Crippen molar-refractivity contribution in [2.24, 2.45) is 0 Å². The molecule has 19 heavy (non-hydrogen) atoms. The largest absolute Gasteiger partial charge is 0.334 e. The average molecular weight is 343 g/mol. The Hall–Kier alpha value is -1.66. The summed E-state index contributed by atoms with van der Waals surface area (Å²) >= 11 is 9.16. The minimum absolute atomic E-state index is 0.105. The summed E-state index contributed by atoms with van der Waals surface area (Å²) in [6.07, 6.45) is 1.49. The number of pyridine rings is 1. The van der Waals surface area contributed by atoms with Crippen molar-refractivity contribution in [3.05, 3.63) is 55.6 Å². The molecule has 0 radical (unpaired) electrons. The van der Waals surface area contributed by atoms with E-state index in [0.717, 1.165) is 5.56 Å². The number of aromatic nitrogens is 1. The second-order valence-electron chi connectivity index (χ2n) is 3.87. The first-order valence-electron chi connectivity index (χ1n) is 5.30. The normalized spacial score (nSPS) is 10.3. The van der Waals surface area contributed by atoms with Gasteiger partial charge in [-0.1, -0.05) is 17.7 Å². The minimum atomic E-state index is -0.490. The summed E-state index contributed by atoms with van der Waals surface area (Å²) in [5, 5.41) is 14.4. The van der Waals surface area contributed by atoms with Crippen LogP contribution in [0, 0.1) is 17.0 Å². The third-order valence-corrected chi connectivity index (χ3v) is 3.31. The number of aryl methyl sites for hydroxylation is 1. The average Bonchev–Trinajstić information content (AvgIpc) is 2.36. The van der Waals surface area contributed by atoms with E-state index in [-0.39, 0.29) is 11.5 Å². The van der Waals surface area contributed by atoms with Crippen LogP contribution in [-0.2, 0) is 0 Å². The zero-order valence-electron chi connectivity index (χ0n) is 9.85. The maximum atomic E-state index is 11.0. The van der Waals surface area contributed by atoms with E-state index < -0.39 is 4.92 Å². The maximum absolute atomic E-state index is 11.0. The van der Waals surface area contributed by atoms with Crippen LogP contribution in [0.1, 0.15) is 5.56 Å². The zero-order valence-corrected chi connectivity index (χ0v) is 12.2. The van der Waals surface area contributed by atoms with Gasteiger partial charge in [0, 0.05) is 27.4 Å². The Kier molecular flexibility index (Phi) is 4.01. The zero-order chi connectivity index (χ0) is 14.0. The van der Waals surface area contributed by atoms with Crippen LogP contribution in [0.3, 0.4) is 0 Å². The number of halogens is 2. The Bertz CT molecular complexity index is 649. The van der Waals surface area contributed by atoms with E-state index >= 15 is 0 Å². The molecular weight excluding hydrogens is 334 g/mol. The molecule has 1 N–H and O–H groups in total. The van der Waals surface area contributed by atoms with E-state index in [1.807, 2.05) is 13.0 Å². The Morgan fingerprint density at radius 2 is 2.16 bits per heavy atom. The predicted molar refractivity (Wildman–Crippen MR) is 78.1 cm³/mol. The van der Waals surface area contributed by atoms with Crippen LogP contribution in [0.25, 0.3) is 0 Å². The van der Waals surface area contributed by atoms with Gasteiger partial charge in [0.15, 0.2) is 0 Å². The summed E-state index contributed by atoms with van der Waals surface area (Å²) in [5.41, 5.74) is 1.48. The van der Waals surface area contributed by atoms with Crippen LogP contribution < -0.4 is 5.32 Å². The number of nitrogens with zero attached hydrogens (tertiary/aromatic N) is 2. The lowest BCUT2D eigenvalue weighted by Gasteiger charge is -2.07. The van der Waals surface area contributed by atoms with Gasteiger partial charge in [-0.05, 0) is 40.5 Å². The van der Waals surface area contributed by atoms with E-state index in [2.05, 4.69) is 26.2 Å². The van der Waals surface area contributed by atoms with Crippen molar-refractivity contribution in [2.75, 3.05) is 5.32 Å². The van der Waals surface area contributed by atoms with Crippen LogP contribution in [0.5, 0.6) is 0 Å². The molecule has 0 amide bonds. The van der Waals surface area contributed by atoms with Crippen molar-refractivity contribution in [3.63, 3.8) is 0 Å². The van der Waals surface area contributed by atoms with Gasteiger partial charge >= 0.3 is 5.69 Å². The smallest absolute Gasteiger partial charge is 0.312 e. The number of anilines is 2. The van der Waals surface area contributed by atoms with Gasteiger partial charge in [-0.3, -0.25) is 10.1 Å². The molecule has 2 aromatic rings.